The number of aromatic nitrogens is 8. The third kappa shape index (κ3) is 11.0. The predicted octanol–water partition coefficient (Wildman–Crippen LogP) is 7.47. The fraction of sp³-hybridized carbons (Fsp3) is 0.294. The van der Waals surface area contributed by atoms with E-state index in [2.05, 4.69) is 29.8 Å². The van der Waals surface area contributed by atoms with Crippen LogP contribution in [0.4, 0.5) is 29.2 Å². The van der Waals surface area contributed by atoms with Gasteiger partial charge in [-0.15, -0.1) is 0 Å². The molecule has 2 saturated heterocycles. The molecule has 0 amide bonds. The first-order valence-electron chi connectivity index (χ1n) is 23.0. The summed E-state index contributed by atoms with van der Waals surface area (Å²) in [5, 5.41) is 8.54. The summed E-state index contributed by atoms with van der Waals surface area (Å²) in [6.07, 6.45) is 11.5. The van der Waals surface area contributed by atoms with Crippen LogP contribution >= 0.6 is 0 Å². The van der Waals surface area contributed by atoms with Gasteiger partial charge in [0.1, 0.15) is 58.0 Å². The molecule has 10 rings (SSSR count). The molecule has 368 valence electrons. The topological polar surface area (TPSA) is 225 Å². The average Bonchev–Trinajstić information content (AvgIpc) is 4.15. The van der Waals surface area contributed by atoms with Gasteiger partial charge in [0, 0.05) is 89.9 Å². The standard InChI is InChI=1S/C26H26F2N6O.C19H16F2N6.C6H11NO2/c1-15-13-30-23-8-5-16(14-34(15)23)24-25(17-10-18(27)12-19(28)11-17)32-26(29)20(31-24)6-7-22(35)21-4-3-9-33(21)2;1-10-8-24-16-3-2-11(9-27(10)16)17-18(26-19(23)15(7-22)25-17)12-4-13(20)6-14(21)5-12;1-7-4-2-3-5(7)6(8)9/h5,8,10-14,21H,3-4,6-7,9H2,1-2H3,(H2,29,32);2-6,8-9H,7,22H2,1H3,(H2,23,26);5H,2-4H2,1H3,(H,8,9)/t21-;;5-/m1.1/s1. The molecule has 2 aliphatic heterocycles. The van der Waals surface area contributed by atoms with E-state index in [-0.39, 0.29) is 58.6 Å². The average molecular weight is 972 g/mol. The van der Waals surface area contributed by atoms with Crippen molar-refractivity contribution < 1.29 is 32.3 Å². The highest BCUT2D eigenvalue weighted by molar-refractivity contribution is 5.85. The quantitative estimate of drug-likeness (QED) is 0.0976. The van der Waals surface area contributed by atoms with Gasteiger partial charge in [-0.25, -0.2) is 47.5 Å². The van der Waals surface area contributed by atoms with Gasteiger partial charge in [-0.05, 0) is 115 Å². The number of Topliss-reactive ketones (excluding diaryl/α,β-unsaturated/α-hetero) is 1. The second-order valence-corrected chi connectivity index (χ2v) is 17.7. The lowest BCUT2D eigenvalue weighted by molar-refractivity contribution is -0.141. The number of fused-ring (bicyclic) bond motifs is 2. The zero-order valence-electron chi connectivity index (χ0n) is 39.6. The molecule has 8 heterocycles. The molecule has 7 N–H and O–H groups in total. The first kappa shape index (κ1) is 49.7. The lowest BCUT2D eigenvalue weighted by Crippen LogP contribution is -2.33. The number of carbonyl (C=O) groups excluding carboxylic acids is 1. The van der Waals surface area contributed by atoms with Crippen LogP contribution in [0.3, 0.4) is 0 Å². The first-order valence-corrected chi connectivity index (χ1v) is 23.0. The van der Waals surface area contributed by atoms with Gasteiger partial charge in [0.25, 0.3) is 0 Å². The maximum atomic E-state index is 14.1. The number of aryl methyl sites for hydroxylation is 3. The molecular weight excluding hydrogens is 919 g/mol. The molecule has 6 aromatic heterocycles. The number of anilines is 2. The van der Waals surface area contributed by atoms with E-state index in [9.17, 15) is 27.2 Å². The Balaban J connectivity index is 0.000000166. The molecule has 8 aromatic rings. The maximum absolute atomic E-state index is 14.1. The van der Waals surface area contributed by atoms with Crippen LogP contribution < -0.4 is 17.2 Å². The number of benzene rings is 2. The fourth-order valence-corrected chi connectivity index (χ4v) is 8.92. The van der Waals surface area contributed by atoms with E-state index in [0.29, 0.717) is 46.7 Å². The van der Waals surface area contributed by atoms with Crippen molar-refractivity contribution >= 4 is 34.7 Å². The first-order chi connectivity index (χ1) is 34.0. The highest BCUT2D eigenvalue weighted by Gasteiger charge is 2.29. The molecule has 20 heteroatoms. The summed E-state index contributed by atoms with van der Waals surface area (Å²) in [4.78, 5) is 53.9. The Kier molecular flexibility index (Phi) is 14.8. The zero-order valence-corrected chi connectivity index (χ0v) is 39.6. The number of hydrogen-bond acceptors (Lipinski definition) is 13. The molecule has 0 bridgehead atoms. The molecule has 2 fully saturated rings. The van der Waals surface area contributed by atoms with Gasteiger partial charge in [0.15, 0.2) is 0 Å². The van der Waals surface area contributed by atoms with E-state index < -0.39 is 29.2 Å². The highest BCUT2D eigenvalue weighted by Crippen LogP contribution is 2.34. The normalized spacial score (nSPS) is 16.0. The van der Waals surface area contributed by atoms with Gasteiger partial charge in [-0.2, -0.15) is 0 Å². The Morgan fingerprint density at radius 2 is 1.04 bits per heavy atom. The van der Waals surface area contributed by atoms with E-state index in [4.69, 9.17) is 27.3 Å². The van der Waals surface area contributed by atoms with Crippen LogP contribution in [-0.2, 0) is 22.6 Å². The Labute approximate surface area is 406 Å². The van der Waals surface area contributed by atoms with E-state index in [1.165, 1.54) is 24.3 Å². The molecule has 0 spiro atoms. The van der Waals surface area contributed by atoms with Gasteiger partial charge in [-0.1, -0.05) is 0 Å². The van der Waals surface area contributed by atoms with Gasteiger partial charge >= 0.3 is 5.97 Å². The fourth-order valence-electron chi connectivity index (χ4n) is 8.92. The van der Waals surface area contributed by atoms with E-state index in [0.717, 1.165) is 73.6 Å². The van der Waals surface area contributed by atoms with Gasteiger partial charge in [-0.3, -0.25) is 19.4 Å². The summed E-state index contributed by atoms with van der Waals surface area (Å²) in [5.41, 5.74) is 25.5. The molecule has 16 nitrogen and oxygen atoms in total. The van der Waals surface area contributed by atoms with Crippen LogP contribution in [0.25, 0.3) is 56.3 Å². The molecule has 0 unspecified atom stereocenters. The number of aliphatic carboxylic acids is 1. The second-order valence-electron chi connectivity index (χ2n) is 17.7. The van der Waals surface area contributed by atoms with E-state index in [1.54, 1.807) is 12.4 Å². The molecule has 0 aliphatic carbocycles. The zero-order chi connectivity index (χ0) is 50.7. The summed E-state index contributed by atoms with van der Waals surface area (Å²) in [5.74, 6) is -3.12. The lowest BCUT2D eigenvalue weighted by Gasteiger charge is -2.18. The van der Waals surface area contributed by atoms with Gasteiger partial charge in [0.2, 0.25) is 0 Å². The van der Waals surface area contributed by atoms with Crippen molar-refractivity contribution in [1.29, 1.82) is 0 Å². The summed E-state index contributed by atoms with van der Waals surface area (Å²) in [6.45, 7) is 5.79. The van der Waals surface area contributed by atoms with E-state index in [1.807, 2.05) is 78.3 Å². The number of carboxylic acid groups (broad SMARTS) is 1. The number of pyridine rings is 2. The number of imidazole rings is 2. The van der Waals surface area contributed by atoms with Crippen molar-refractivity contribution in [3.05, 3.63) is 131 Å². The van der Waals surface area contributed by atoms with Crippen LogP contribution in [0.15, 0.2) is 85.5 Å². The number of nitrogens with zero attached hydrogens (tertiary/aromatic N) is 10. The smallest absolute Gasteiger partial charge is 0.320 e. The number of nitrogen functional groups attached to an aromatic ring is 2. The highest BCUT2D eigenvalue weighted by atomic mass is 19.1. The summed E-state index contributed by atoms with van der Waals surface area (Å²) >= 11 is 0. The van der Waals surface area contributed by atoms with Crippen LogP contribution in [-0.4, -0.2) is 105 Å². The minimum atomic E-state index is -0.720. The second kappa shape index (κ2) is 21.1. The number of likely N-dealkylation sites (N-methyl/N-ethyl adjacent to an activating group) is 2. The number of nitrogens with two attached hydrogens (primary N) is 3. The van der Waals surface area contributed by atoms with Crippen LogP contribution in [0.2, 0.25) is 0 Å². The van der Waals surface area contributed by atoms with Gasteiger partial charge in [0.05, 0.1) is 40.2 Å². The molecule has 71 heavy (non-hydrogen) atoms. The Hall–Kier alpha value is -7.68. The number of likely N-dealkylation sites (tertiary alicyclic amines) is 2. The van der Waals surface area contributed by atoms with Crippen LogP contribution in [0.5, 0.6) is 0 Å². The predicted molar refractivity (Wildman–Crippen MR) is 262 cm³/mol. The number of carbonyl (C=O) groups is 2. The third-order valence-corrected chi connectivity index (χ3v) is 12.7. The minimum absolute atomic E-state index is 0.0789. The Morgan fingerprint density at radius 1 is 0.620 bits per heavy atom. The minimum Gasteiger partial charge on any atom is -0.480 e. The molecule has 2 atom stereocenters. The summed E-state index contributed by atoms with van der Waals surface area (Å²) in [7, 11) is 3.81. The van der Waals surface area contributed by atoms with Crippen molar-refractivity contribution in [2.24, 2.45) is 5.73 Å². The number of halogens is 4. The molecule has 2 aliphatic rings. The maximum Gasteiger partial charge on any atom is 0.320 e. The SMILES string of the molecule is CN1CCC[C@@H]1C(=O)O.Cc1cnc2ccc(-c3nc(CCC(=O)[C@H]4CCCN4C)c(N)nc3-c3cc(F)cc(F)c3)cn12.Cc1cnc2ccc(-c3nc(CN)c(N)nc3-c3cc(F)cc(F)c3)cn12. The third-order valence-electron chi connectivity index (χ3n) is 12.7. The van der Waals surface area contributed by atoms with Gasteiger partial charge < -0.3 is 31.1 Å². The van der Waals surface area contributed by atoms with Crippen molar-refractivity contribution in [2.45, 2.75) is 71.0 Å². The number of rotatable bonds is 10. The van der Waals surface area contributed by atoms with E-state index >= 15 is 0 Å². The monoisotopic (exact) mass is 971 g/mol. The molecule has 0 radical (unpaired) electrons. The summed E-state index contributed by atoms with van der Waals surface area (Å²) < 4.78 is 59.4. The number of carboxylic acids is 1. The van der Waals surface area contributed by atoms with Crippen molar-refractivity contribution in [3.63, 3.8) is 0 Å². The van der Waals surface area contributed by atoms with Crippen LogP contribution in [0, 0.1) is 37.1 Å². The van der Waals surface area contributed by atoms with Crippen molar-refractivity contribution in [1.82, 2.24) is 48.5 Å². The van der Waals surface area contributed by atoms with Crippen molar-refractivity contribution in [2.75, 3.05) is 38.7 Å². The molecular formula is C51H53F4N13O3. The van der Waals surface area contributed by atoms with Crippen LogP contribution in [0.1, 0.15) is 54.9 Å². The Morgan fingerprint density at radius 3 is 1.45 bits per heavy atom. The lowest BCUT2D eigenvalue weighted by atomic mass is 10.0. The Bertz CT molecular complexity index is 3250. The largest absolute Gasteiger partial charge is 0.480 e. The molecule has 0 saturated carbocycles. The molecule has 2 aromatic carbocycles. The number of hydrogen-bond donors (Lipinski definition) is 4. The number of ketones is 1. The van der Waals surface area contributed by atoms with Crippen molar-refractivity contribution in [3.8, 4) is 45.0 Å². The summed E-state index contributed by atoms with van der Waals surface area (Å²) in [6, 6.07) is 13.4.